The third kappa shape index (κ3) is 4.16. The molecule has 2 amide bonds. The molecule has 0 bridgehead atoms. The van der Waals surface area contributed by atoms with E-state index in [1.165, 1.54) is 26.0 Å². The first-order valence-electron chi connectivity index (χ1n) is 7.19. The van der Waals surface area contributed by atoms with Crippen molar-refractivity contribution in [3.8, 4) is 10.6 Å². The molecule has 0 fully saturated rings. The van der Waals surface area contributed by atoms with Crippen molar-refractivity contribution in [2.75, 3.05) is 0 Å². The molecule has 3 N–H and O–H groups in total. The zero-order valence-corrected chi connectivity index (χ0v) is 14.5. The van der Waals surface area contributed by atoms with Gasteiger partial charge in [-0.2, -0.15) is 13.2 Å². The molecule has 1 heterocycles. The minimum Gasteiger partial charge on any atom is -0.368 e. The average molecular weight is 371 g/mol. The van der Waals surface area contributed by atoms with Gasteiger partial charge in [-0.05, 0) is 32.9 Å². The lowest BCUT2D eigenvalue weighted by Crippen LogP contribution is -2.52. The second-order valence-corrected chi connectivity index (χ2v) is 6.95. The Balaban J connectivity index is 2.28. The van der Waals surface area contributed by atoms with Gasteiger partial charge in [-0.15, -0.1) is 11.3 Å². The lowest BCUT2D eigenvalue weighted by molar-refractivity contribution is -0.137. The van der Waals surface area contributed by atoms with Crippen LogP contribution in [0.3, 0.4) is 0 Å². The summed E-state index contributed by atoms with van der Waals surface area (Å²) in [4.78, 5) is 28.1. The Bertz CT molecular complexity index is 811. The second-order valence-electron chi connectivity index (χ2n) is 5.95. The van der Waals surface area contributed by atoms with Crippen LogP contribution in [-0.4, -0.2) is 22.3 Å². The van der Waals surface area contributed by atoms with E-state index in [4.69, 9.17) is 5.73 Å². The first kappa shape index (κ1) is 18.9. The second kappa shape index (κ2) is 6.47. The quantitative estimate of drug-likeness (QED) is 0.866. The molecule has 9 heteroatoms. The van der Waals surface area contributed by atoms with Gasteiger partial charge >= 0.3 is 6.18 Å². The highest BCUT2D eigenvalue weighted by Crippen LogP contribution is 2.33. The fourth-order valence-electron chi connectivity index (χ4n) is 1.93. The third-order valence-electron chi connectivity index (χ3n) is 3.50. The van der Waals surface area contributed by atoms with Crippen molar-refractivity contribution in [2.24, 2.45) is 5.73 Å². The predicted molar refractivity (Wildman–Crippen MR) is 88.0 cm³/mol. The number of nitrogens with zero attached hydrogens (tertiary/aromatic N) is 1. The van der Waals surface area contributed by atoms with Crippen molar-refractivity contribution in [3.05, 3.63) is 40.4 Å². The van der Waals surface area contributed by atoms with E-state index in [0.29, 0.717) is 16.3 Å². The number of carbonyl (C=O) groups is 2. The zero-order valence-electron chi connectivity index (χ0n) is 13.7. The number of aryl methyl sites for hydroxylation is 1. The molecule has 134 valence electrons. The van der Waals surface area contributed by atoms with Crippen molar-refractivity contribution in [1.82, 2.24) is 10.3 Å². The van der Waals surface area contributed by atoms with Gasteiger partial charge in [-0.1, -0.05) is 12.1 Å². The number of nitrogens with one attached hydrogen (secondary N) is 1. The van der Waals surface area contributed by atoms with E-state index in [1.807, 2.05) is 0 Å². The maximum Gasteiger partial charge on any atom is 0.416 e. The summed E-state index contributed by atoms with van der Waals surface area (Å²) in [6, 6.07) is 4.52. The monoisotopic (exact) mass is 371 g/mol. The van der Waals surface area contributed by atoms with E-state index >= 15 is 0 Å². The smallest absolute Gasteiger partial charge is 0.368 e. The van der Waals surface area contributed by atoms with Crippen LogP contribution in [0.5, 0.6) is 0 Å². The van der Waals surface area contributed by atoms with Gasteiger partial charge in [0.1, 0.15) is 15.4 Å². The summed E-state index contributed by atoms with van der Waals surface area (Å²) < 4.78 is 37.8. The van der Waals surface area contributed by atoms with Crippen LogP contribution in [0.2, 0.25) is 0 Å². The van der Waals surface area contributed by atoms with Crippen LogP contribution < -0.4 is 11.1 Å². The summed E-state index contributed by atoms with van der Waals surface area (Å²) in [5.74, 6) is -1.21. The highest BCUT2D eigenvalue weighted by atomic mass is 32.1. The van der Waals surface area contributed by atoms with Crippen LogP contribution >= 0.6 is 11.3 Å². The number of nitrogens with two attached hydrogens (primary N) is 1. The molecule has 0 radical (unpaired) electrons. The highest BCUT2D eigenvalue weighted by Gasteiger charge is 2.31. The number of primary amides is 1. The van der Waals surface area contributed by atoms with Gasteiger partial charge in [-0.3, -0.25) is 9.59 Å². The van der Waals surface area contributed by atoms with E-state index in [1.54, 1.807) is 6.92 Å². The molecule has 0 atom stereocenters. The van der Waals surface area contributed by atoms with Gasteiger partial charge in [0.25, 0.3) is 5.91 Å². The van der Waals surface area contributed by atoms with Gasteiger partial charge < -0.3 is 11.1 Å². The Hall–Kier alpha value is -2.42. The van der Waals surface area contributed by atoms with Crippen LogP contribution in [-0.2, 0) is 11.0 Å². The number of rotatable bonds is 4. The molecule has 0 aliphatic rings. The Kier molecular flexibility index (Phi) is 4.90. The summed E-state index contributed by atoms with van der Waals surface area (Å²) >= 11 is 1.03. The summed E-state index contributed by atoms with van der Waals surface area (Å²) in [5, 5.41) is 2.93. The third-order valence-corrected chi connectivity index (χ3v) is 4.71. The maximum atomic E-state index is 12.6. The van der Waals surface area contributed by atoms with Crippen molar-refractivity contribution >= 4 is 23.2 Å². The van der Waals surface area contributed by atoms with Gasteiger partial charge in [-0.25, -0.2) is 4.98 Å². The fourth-order valence-corrected chi connectivity index (χ4v) is 2.90. The molecule has 1 aromatic carbocycles. The van der Waals surface area contributed by atoms with Gasteiger partial charge in [0.2, 0.25) is 5.91 Å². The Morgan fingerprint density at radius 1 is 1.16 bits per heavy atom. The number of amides is 2. The molecular formula is C16H16F3N3O2S. The van der Waals surface area contributed by atoms with E-state index in [0.717, 1.165) is 23.5 Å². The molecule has 2 aromatic rings. The van der Waals surface area contributed by atoms with Crippen molar-refractivity contribution in [1.29, 1.82) is 0 Å². The van der Waals surface area contributed by atoms with Crippen LogP contribution in [0.15, 0.2) is 24.3 Å². The van der Waals surface area contributed by atoms with E-state index in [9.17, 15) is 22.8 Å². The number of hydrogen-bond donors (Lipinski definition) is 2. The molecule has 0 saturated heterocycles. The number of hydrogen-bond acceptors (Lipinski definition) is 4. The standard InChI is InChI=1S/C16H16F3N3O2S/c1-8-11(12(23)22-15(2,3)14(20)24)25-13(21-8)9-4-6-10(7-5-9)16(17,18)19/h4-7H,1-3H3,(H2,20,24)(H,22,23). The fraction of sp³-hybridized carbons (Fsp3) is 0.312. The molecule has 25 heavy (non-hydrogen) atoms. The number of alkyl halides is 3. The topological polar surface area (TPSA) is 85.1 Å². The van der Waals surface area contributed by atoms with Crippen LogP contribution in [0, 0.1) is 6.92 Å². The number of thiazole rings is 1. The molecule has 0 spiro atoms. The molecule has 1 aromatic heterocycles. The highest BCUT2D eigenvalue weighted by molar-refractivity contribution is 7.17. The summed E-state index contributed by atoms with van der Waals surface area (Å²) in [7, 11) is 0. The number of aromatic nitrogens is 1. The molecule has 0 aliphatic heterocycles. The minimum absolute atomic E-state index is 0.268. The summed E-state index contributed by atoms with van der Waals surface area (Å²) in [6.07, 6.45) is -4.41. The van der Waals surface area contributed by atoms with Gasteiger partial charge in [0.15, 0.2) is 0 Å². The predicted octanol–water partition coefficient (Wildman–Crippen LogP) is 3.13. The molecule has 2 rings (SSSR count). The van der Waals surface area contributed by atoms with E-state index in [2.05, 4.69) is 10.3 Å². The lowest BCUT2D eigenvalue weighted by Gasteiger charge is -2.21. The first-order valence-corrected chi connectivity index (χ1v) is 8.01. The number of benzene rings is 1. The average Bonchev–Trinajstić information content (AvgIpc) is 2.88. The molecule has 0 unspecified atom stereocenters. The molecule has 5 nitrogen and oxygen atoms in total. The van der Waals surface area contributed by atoms with Crippen LogP contribution in [0.4, 0.5) is 13.2 Å². The maximum absolute atomic E-state index is 12.6. The van der Waals surface area contributed by atoms with Crippen LogP contribution in [0.1, 0.15) is 34.8 Å². The minimum atomic E-state index is -4.41. The van der Waals surface area contributed by atoms with Crippen molar-refractivity contribution in [2.45, 2.75) is 32.5 Å². The number of halogens is 3. The first-order chi connectivity index (χ1) is 11.4. The summed E-state index contributed by atoms with van der Waals surface area (Å²) in [6.45, 7) is 4.55. The van der Waals surface area contributed by atoms with Gasteiger partial charge in [0.05, 0.1) is 11.3 Å². The molecule has 0 aliphatic carbocycles. The Morgan fingerprint density at radius 2 is 1.72 bits per heavy atom. The Labute approximate surface area is 146 Å². The molecular weight excluding hydrogens is 355 g/mol. The van der Waals surface area contributed by atoms with Crippen LogP contribution in [0.25, 0.3) is 10.6 Å². The van der Waals surface area contributed by atoms with E-state index < -0.39 is 29.1 Å². The van der Waals surface area contributed by atoms with Gasteiger partial charge in [0, 0.05) is 5.56 Å². The SMILES string of the molecule is Cc1nc(-c2ccc(C(F)(F)F)cc2)sc1C(=O)NC(C)(C)C(N)=O. The summed E-state index contributed by atoms with van der Waals surface area (Å²) in [5.41, 5.74) is 4.11. The van der Waals surface area contributed by atoms with Crippen molar-refractivity contribution in [3.63, 3.8) is 0 Å². The Morgan fingerprint density at radius 3 is 2.20 bits per heavy atom. The van der Waals surface area contributed by atoms with Crippen molar-refractivity contribution < 1.29 is 22.8 Å². The molecule has 0 saturated carbocycles. The van der Waals surface area contributed by atoms with E-state index in [-0.39, 0.29) is 4.88 Å². The normalized spacial score (nSPS) is 12.1. The zero-order chi connectivity index (χ0) is 19.0. The largest absolute Gasteiger partial charge is 0.416 e. The number of carbonyl (C=O) groups excluding carboxylic acids is 2. The lowest BCUT2D eigenvalue weighted by atomic mass is 10.1.